The molecule has 0 radical (unpaired) electrons. The molecular weight excluding hydrogens is 204 g/mol. The van der Waals surface area contributed by atoms with E-state index in [1.807, 2.05) is 0 Å². The van der Waals surface area contributed by atoms with Crippen molar-refractivity contribution >= 4 is 5.97 Å². The number of aliphatic hydroxyl groups excluding tert-OH is 1. The predicted octanol–water partition coefficient (Wildman–Crippen LogP) is 1.74. The molecule has 90 valence electrons. The van der Waals surface area contributed by atoms with Crippen molar-refractivity contribution in [2.75, 3.05) is 13.7 Å². The normalized spacial score (nSPS) is 49.4. The number of hydrogen-bond donors (Lipinski definition) is 1. The Labute approximate surface area is 96.2 Å². The number of hydrogen-bond acceptors (Lipinski definition) is 3. The second-order valence-electron chi connectivity index (χ2n) is 6.39. The van der Waals surface area contributed by atoms with Crippen molar-refractivity contribution in [3.8, 4) is 0 Å². The molecule has 4 rings (SSSR count). The highest BCUT2D eigenvalue weighted by atomic mass is 16.5. The highest BCUT2D eigenvalue weighted by Crippen LogP contribution is 2.65. The molecule has 16 heavy (non-hydrogen) atoms. The van der Waals surface area contributed by atoms with Crippen molar-refractivity contribution in [2.24, 2.45) is 22.7 Å². The average molecular weight is 224 g/mol. The molecule has 4 fully saturated rings. The Kier molecular flexibility index (Phi) is 2.13. The zero-order valence-corrected chi connectivity index (χ0v) is 9.87. The average Bonchev–Trinajstić information content (AvgIpc) is 2.26. The van der Waals surface area contributed by atoms with Crippen LogP contribution in [0.3, 0.4) is 0 Å². The van der Waals surface area contributed by atoms with E-state index in [1.54, 1.807) is 0 Å². The van der Waals surface area contributed by atoms with Crippen LogP contribution in [0.2, 0.25) is 0 Å². The third-order valence-corrected chi connectivity index (χ3v) is 5.14. The molecule has 4 aliphatic rings. The van der Waals surface area contributed by atoms with Crippen molar-refractivity contribution in [1.82, 2.24) is 0 Å². The van der Waals surface area contributed by atoms with E-state index >= 15 is 0 Å². The van der Waals surface area contributed by atoms with E-state index in [2.05, 4.69) is 0 Å². The van der Waals surface area contributed by atoms with Gasteiger partial charge < -0.3 is 9.84 Å². The second kappa shape index (κ2) is 3.22. The van der Waals surface area contributed by atoms with Crippen LogP contribution < -0.4 is 0 Å². The summed E-state index contributed by atoms with van der Waals surface area (Å²) >= 11 is 0. The molecule has 3 heteroatoms. The highest BCUT2D eigenvalue weighted by molar-refractivity contribution is 5.77. The van der Waals surface area contributed by atoms with Gasteiger partial charge in [0.2, 0.25) is 0 Å². The molecule has 4 aliphatic carbocycles. The Morgan fingerprint density at radius 3 is 2.44 bits per heavy atom. The van der Waals surface area contributed by atoms with Crippen LogP contribution in [0.4, 0.5) is 0 Å². The number of aliphatic hydroxyl groups is 1. The van der Waals surface area contributed by atoms with Crippen molar-refractivity contribution in [3.63, 3.8) is 0 Å². The van der Waals surface area contributed by atoms with Crippen LogP contribution in [-0.4, -0.2) is 24.8 Å². The SMILES string of the molecule is COC(=O)C12C[C@@H]3C[C@@H](CC(CO)(C3)C1)C2. The lowest BCUT2D eigenvalue weighted by Gasteiger charge is -2.60. The summed E-state index contributed by atoms with van der Waals surface area (Å²) in [4.78, 5) is 12.0. The lowest BCUT2D eigenvalue weighted by Crippen LogP contribution is -2.56. The summed E-state index contributed by atoms with van der Waals surface area (Å²) in [5, 5.41) is 9.65. The Morgan fingerprint density at radius 2 is 1.94 bits per heavy atom. The van der Waals surface area contributed by atoms with Gasteiger partial charge in [0.25, 0.3) is 0 Å². The first-order chi connectivity index (χ1) is 7.61. The minimum Gasteiger partial charge on any atom is -0.469 e. The summed E-state index contributed by atoms with van der Waals surface area (Å²) in [6, 6.07) is 0. The Bertz CT molecular complexity index is 309. The van der Waals surface area contributed by atoms with Crippen molar-refractivity contribution in [1.29, 1.82) is 0 Å². The standard InChI is InChI=1S/C13H20O3/c1-16-11(15)13-5-9-2-10(6-13)4-12(3-9,7-13)8-14/h9-10,14H,2-8H2,1H3/t9-,10+,12?,13?. The van der Waals surface area contributed by atoms with Crippen LogP contribution in [-0.2, 0) is 9.53 Å². The van der Waals surface area contributed by atoms with Gasteiger partial charge in [0.1, 0.15) is 0 Å². The molecule has 0 aromatic carbocycles. The summed E-state index contributed by atoms with van der Waals surface area (Å²) < 4.78 is 5.00. The Morgan fingerprint density at radius 1 is 1.31 bits per heavy atom. The smallest absolute Gasteiger partial charge is 0.311 e. The largest absolute Gasteiger partial charge is 0.469 e. The lowest BCUT2D eigenvalue weighted by atomic mass is 9.44. The maximum atomic E-state index is 12.0. The summed E-state index contributed by atoms with van der Waals surface area (Å²) in [6.45, 7) is 0.249. The second-order valence-corrected chi connectivity index (χ2v) is 6.39. The van der Waals surface area contributed by atoms with Gasteiger partial charge in [0.15, 0.2) is 0 Å². The quantitative estimate of drug-likeness (QED) is 0.727. The number of esters is 1. The molecule has 4 saturated carbocycles. The topological polar surface area (TPSA) is 46.5 Å². The lowest BCUT2D eigenvalue weighted by molar-refractivity contribution is -0.182. The van der Waals surface area contributed by atoms with Crippen LogP contribution in [0.5, 0.6) is 0 Å². The maximum absolute atomic E-state index is 12.0. The maximum Gasteiger partial charge on any atom is 0.311 e. The number of carbonyl (C=O) groups excluding carboxylic acids is 1. The van der Waals surface area contributed by atoms with E-state index < -0.39 is 0 Å². The van der Waals surface area contributed by atoms with E-state index in [-0.39, 0.29) is 23.4 Å². The molecule has 3 nitrogen and oxygen atoms in total. The summed E-state index contributed by atoms with van der Waals surface area (Å²) in [7, 11) is 1.49. The molecule has 0 aromatic heterocycles. The summed E-state index contributed by atoms with van der Waals surface area (Å²) in [5.41, 5.74) is -0.208. The molecule has 4 atom stereocenters. The molecule has 0 heterocycles. The molecular formula is C13H20O3. The van der Waals surface area contributed by atoms with Gasteiger partial charge in [-0.05, 0) is 55.8 Å². The van der Waals surface area contributed by atoms with Crippen LogP contribution >= 0.6 is 0 Å². The molecule has 0 amide bonds. The molecule has 1 N–H and O–H groups in total. The van der Waals surface area contributed by atoms with E-state index in [4.69, 9.17) is 4.74 Å². The van der Waals surface area contributed by atoms with Crippen LogP contribution in [0, 0.1) is 22.7 Å². The van der Waals surface area contributed by atoms with Crippen LogP contribution in [0.1, 0.15) is 38.5 Å². The van der Waals surface area contributed by atoms with Crippen LogP contribution in [0.25, 0.3) is 0 Å². The molecule has 0 aromatic rings. The number of ether oxygens (including phenoxy) is 1. The fourth-order valence-electron chi connectivity index (χ4n) is 5.09. The van der Waals surface area contributed by atoms with E-state index in [9.17, 15) is 9.90 Å². The van der Waals surface area contributed by atoms with E-state index in [0.717, 1.165) is 32.1 Å². The van der Waals surface area contributed by atoms with Gasteiger partial charge in [-0.15, -0.1) is 0 Å². The highest BCUT2D eigenvalue weighted by Gasteiger charge is 2.60. The van der Waals surface area contributed by atoms with Crippen molar-refractivity contribution in [3.05, 3.63) is 0 Å². The number of carbonyl (C=O) groups is 1. The van der Waals surface area contributed by atoms with Gasteiger partial charge in [-0.2, -0.15) is 0 Å². The zero-order valence-electron chi connectivity index (χ0n) is 9.87. The van der Waals surface area contributed by atoms with Gasteiger partial charge in [-0.3, -0.25) is 4.79 Å². The fourth-order valence-corrected chi connectivity index (χ4v) is 5.09. The molecule has 0 spiro atoms. The summed E-state index contributed by atoms with van der Waals surface area (Å²) in [5.74, 6) is 1.26. The van der Waals surface area contributed by atoms with Gasteiger partial charge in [0.05, 0.1) is 12.5 Å². The first-order valence-electron chi connectivity index (χ1n) is 6.31. The number of methoxy groups -OCH3 is 1. The van der Waals surface area contributed by atoms with Crippen molar-refractivity contribution < 1.29 is 14.6 Å². The van der Waals surface area contributed by atoms with Gasteiger partial charge in [-0.25, -0.2) is 0 Å². The molecule has 4 bridgehead atoms. The Balaban J connectivity index is 1.95. The van der Waals surface area contributed by atoms with E-state index in [0.29, 0.717) is 11.8 Å². The predicted molar refractivity (Wildman–Crippen MR) is 58.6 cm³/mol. The first-order valence-corrected chi connectivity index (χ1v) is 6.31. The van der Waals surface area contributed by atoms with E-state index in [1.165, 1.54) is 13.5 Å². The molecule has 0 saturated heterocycles. The van der Waals surface area contributed by atoms with Gasteiger partial charge >= 0.3 is 5.97 Å². The zero-order chi connectivity index (χ0) is 11.4. The minimum absolute atomic E-state index is 0.0283. The van der Waals surface area contributed by atoms with Crippen LogP contribution in [0.15, 0.2) is 0 Å². The third kappa shape index (κ3) is 1.27. The van der Waals surface area contributed by atoms with Gasteiger partial charge in [-0.1, -0.05) is 0 Å². The first kappa shape index (κ1) is 10.6. The minimum atomic E-state index is -0.248. The monoisotopic (exact) mass is 224 g/mol. The number of rotatable bonds is 2. The molecule has 2 unspecified atom stereocenters. The third-order valence-electron chi connectivity index (χ3n) is 5.14. The fraction of sp³-hybridized carbons (Fsp3) is 0.923. The van der Waals surface area contributed by atoms with Crippen molar-refractivity contribution in [2.45, 2.75) is 38.5 Å². The summed E-state index contributed by atoms with van der Waals surface area (Å²) in [6.07, 6.45) is 6.37. The van der Waals surface area contributed by atoms with Gasteiger partial charge in [0, 0.05) is 6.61 Å². The molecule has 0 aliphatic heterocycles. The Hall–Kier alpha value is -0.570.